The van der Waals surface area contributed by atoms with E-state index in [1.807, 2.05) is 0 Å². The Bertz CT molecular complexity index is 110. The fraction of sp³-hybridized carbons (Fsp3) is 1.00. The lowest BCUT2D eigenvalue weighted by Gasteiger charge is -2.11. The molecule has 1 saturated heterocycles. The van der Waals surface area contributed by atoms with Gasteiger partial charge in [-0.3, -0.25) is 0 Å². The van der Waals surface area contributed by atoms with E-state index < -0.39 is 24.6 Å². The van der Waals surface area contributed by atoms with E-state index in [9.17, 15) is 0 Å². The molecule has 5 nitrogen and oxygen atoms in total. The molecule has 1 fully saturated rings. The first-order chi connectivity index (χ1) is 5.20. The molecule has 0 amide bonds. The van der Waals surface area contributed by atoms with Crippen LogP contribution in [-0.4, -0.2) is 53.6 Å². The highest BCUT2D eigenvalue weighted by Gasteiger charge is 2.42. The summed E-state index contributed by atoms with van der Waals surface area (Å²) in [7, 11) is 1.36. The van der Waals surface area contributed by atoms with Crippen LogP contribution in [-0.2, 0) is 9.47 Å². The van der Waals surface area contributed by atoms with Gasteiger partial charge in [0.25, 0.3) is 0 Å². The minimum atomic E-state index is -1.07. The maximum Gasteiger partial charge on any atom is 0.186 e. The summed E-state index contributed by atoms with van der Waals surface area (Å²) in [5.41, 5.74) is 0. The van der Waals surface area contributed by atoms with Crippen molar-refractivity contribution in [2.75, 3.05) is 13.7 Å². The van der Waals surface area contributed by atoms with Gasteiger partial charge in [0.15, 0.2) is 6.29 Å². The zero-order chi connectivity index (χ0) is 8.43. The summed E-state index contributed by atoms with van der Waals surface area (Å²) in [6.07, 6.45) is -3.71. The van der Waals surface area contributed by atoms with Crippen molar-refractivity contribution >= 4 is 0 Å². The molecule has 0 saturated carbocycles. The summed E-state index contributed by atoms with van der Waals surface area (Å²) < 4.78 is 9.59. The van der Waals surface area contributed by atoms with Crippen LogP contribution in [0, 0.1) is 0 Å². The van der Waals surface area contributed by atoms with E-state index in [0.717, 1.165) is 0 Å². The van der Waals surface area contributed by atoms with E-state index in [4.69, 9.17) is 20.1 Å². The van der Waals surface area contributed by atoms with E-state index in [0.29, 0.717) is 0 Å². The minimum Gasteiger partial charge on any atom is -0.394 e. The van der Waals surface area contributed by atoms with Crippen molar-refractivity contribution in [3.63, 3.8) is 0 Å². The topological polar surface area (TPSA) is 79.2 Å². The van der Waals surface area contributed by atoms with E-state index in [1.54, 1.807) is 0 Å². The van der Waals surface area contributed by atoms with Gasteiger partial charge in [0.2, 0.25) is 0 Å². The molecule has 0 spiro atoms. The van der Waals surface area contributed by atoms with Crippen LogP contribution in [0.5, 0.6) is 0 Å². The third kappa shape index (κ3) is 1.52. The number of hydrogen-bond donors (Lipinski definition) is 3. The summed E-state index contributed by atoms with van der Waals surface area (Å²) in [5.74, 6) is 0. The van der Waals surface area contributed by atoms with Gasteiger partial charge in [0.1, 0.15) is 18.3 Å². The highest BCUT2D eigenvalue weighted by atomic mass is 17.0. The van der Waals surface area contributed by atoms with Gasteiger partial charge in [-0.1, -0.05) is 0 Å². The molecule has 0 radical (unpaired) electrons. The van der Waals surface area contributed by atoms with Gasteiger partial charge in [0, 0.05) is 7.11 Å². The second-order valence-corrected chi connectivity index (χ2v) is 2.44. The van der Waals surface area contributed by atoms with Gasteiger partial charge < -0.3 is 24.8 Å². The van der Waals surface area contributed by atoms with E-state index in [1.165, 1.54) is 7.11 Å². The molecule has 1 aliphatic heterocycles. The number of aliphatic hydroxyl groups excluding tert-OH is 3. The summed E-state index contributed by atoms with van der Waals surface area (Å²) in [4.78, 5) is 0. The first-order valence-electron chi connectivity index (χ1n) is 3.36. The van der Waals surface area contributed by atoms with Crippen molar-refractivity contribution in [2.24, 2.45) is 0 Å². The molecule has 1 aliphatic rings. The third-order valence-corrected chi connectivity index (χ3v) is 1.73. The Morgan fingerprint density at radius 3 is 2.45 bits per heavy atom. The second-order valence-electron chi connectivity index (χ2n) is 2.44. The number of ether oxygens (including phenoxy) is 2. The minimum absolute atomic E-state index is 0.321. The summed E-state index contributed by atoms with van der Waals surface area (Å²) >= 11 is 0. The first kappa shape index (κ1) is 8.89. The largest absolute Gasteiger partial charge is 0.394 e. The fourth-order valence-electron chi connectivity index (χ4n) is 1.06. The van der Waals surface area contributed by atoms with Crippen LogP contribution in [0.1, 0.15) is 0 Å². The lowest BCUT2D eigenvalue weighted by Crippen LogP contribution is -2.34. The smallest absolute Gasteiger partial charge is 0.186 e. The van der Waals surface area contributed by atoms with Gasteiger partial charge in [-0.25, -0.2) is 0 Å². The molecule has 11 heavy (non-hydrogen) atoms. The van der Waals surface area contributed by atoms with Crippen LogP contribution in [0.3, 0.4) is 0 Å². The molecule has 66 valence electrons. The Hall–Kier alpha value is -0.200. The molecule has 5 heteroatoms. The van der Waals surface area contributed by atoms with E-state index >= 15 is 0 Å². The van der Waals surface area contributed by atoms with Crippen molar-refractivity contribution in [2.45, 2.75) is 24.6 Å². The summed E-state index contributed by atoms with van der Waals surface area (Å²) in [6, 6.07) is 0. The molecule has 1 heterocycles. The molecule has 3 N–H and O–H groups in total. The molecule has 0 bridgehead atoms. The molecule has 1 rings (SSSR count). The maximum absolute atomic E-state index is 9.15. The van der Waals surface area contributed by atoms with E-state index in [-0.39, 0.29) is 6.61 Å². The molecule has 0 aromatic carbocycles. The second kappa shape index (κ2) is 3.46. The molecule has 1 unspecified atom stereocenters. The average molecular weight is 166 g/mol. The SMILES string of the molecule is CO[14CH]1O[C@H](CO)[C@@H](O)[C@H]1O. The van der Waals surface area contributed by atoms with Crippen LogP contribution in [0.25, 0.3) is 0 Å². The number of rotatable bonds is 2. The zero-order valence-corrected chi connectivity index (χ0v) is 6.17. The quantitative estimate of drug-likeness (QED) is 0.445. The third-order valence-electron chi connectivity index (χ3n) is 1.73. The number of hydrogen-bond acceptors (Lipinski definition) is 5. The normalized spacial score (nSPS) is 44.7. The monoisotopic (exact) mass is 166 g/mol. The first-order valence-corrected chi connectivity index (χ1v) is 3.36. The average Bonchev–Trinajstić information content (AvgIpc) is 2.30. The zero-order valence-electron chi connectivity index (χ0n) is 6.17. The fourth-order valence-corrected chi connectivity index (χ4v) is 1.06. The Balaban J connectivity index is 2.53. The van der Waals surface area contributed by atoms with Crippen molar-refractivity contribution < 1.29 is 24.8 Å². The predicted molar refractivity (Wildman–Crippen MR) is 34.8 cm³/mol. The molecular formula is C6H12O5. The predicted octanol–water partition coefficient (Wildman–Crippen LogP) is -1.93. The molecule has 0 aromatic heterocycles. The van der Waals surface area contributed by atoms with Crippen molar-refractivity contribution in [3.8, 4) is 0 Å². The molecule has 0 aliphatic carbocycles. The Morgan fingerprint density at radius 2 is 2.18 bits per heavy atom. The lowest BCUT2D eigenvalue weighted by atomic mass is 10.2. The summed E-state index contributed by atoms with van der Waals surface area (Å²) in [5, 5.41) is 26.9. The Kier molecular flexibility index (Phi) is 2.80. The standard InChI is InChI=1S/C6H12O5/c1-10-6-5(9)4(8)3(2-7)11-6/h3-9H,2H2,1H3/t3-,4-,5-,6?/m1/s1/i6+2. The van der Waals surface area contributed by atoms with Crippen molar-refractivity contribution in [1.29, 1.82) is 0 Å². The van der Waals surface area contributed by atoms with Gasteiger partial charge in [-0.15, -0.1) is 0 Å². The van der Waals surface area contributed by atoms with Crippen LogP contribution in [0.2, 0.25) is 0 Å². The van der Waals surface area contributed by atoms with Gasteiger partial charge in [-0.2, -0.15) is 0 Å². The van der Waals surface area contributed by atoms with Crippen LogP contribution in [0.4, 0.5) is 0 Å². The Morgan fingerprint density at radius 1 is 1.55 bits per heavy atom. The summed E-state index contributed by atoms with van der Waals surface area (Å²) in [6.45, 7) is -0.321. The van der Waals surface area contributed by atoms with Gasteiger partial charge in [0.05, 0.1) is 6.61 Å². The van der Waals surface area contributed by atoms with Gasteiger partial charge >= 0.3 is 0 Å². The number of aliphatic hydroxyl groups is 3. The highest BCUT2D eigenvalue weighted by Crippen LogP contribution is 2.20. The van der Waals surface area contributed by atoms with Crippen LogP contribution in [0.15, 0.2) is 0 Å². The maximum atomic E-state index is 9.15. The lowest BCUT2D eigenvalue weighted by molar-refractivity contribution is -0.153. The number of methoxy groups -OCH3 is 1. The highest BCUT2D eigenvalue weighted by molar-refractivity contribution is 4.85. The molecule has 0 aromatic rings. The van der Waals surface area contributed by atoms with Gasteiger partial charge in [-0.05, 0) is 0 Å². The molecule has 4 atom stereocenters. The van der Waals surface area contributed by atoms with Crippen molar-refractivity contribution in [3.05, 3.63) is 0 Å². The molecular weight excluding hydrogens is 154 g/mol. The van der Waals surface area contributed by atoms with Crippen LogP contribution >= 0.6 is 0 Å². The van der Waals surface area contributed by atoms with Crippen LogP contribution < -0.4 is 0 Å². The van der Waals surface area contributed by atoms with E-state index in [2.05, 4.69) is 4.74 Å². The Labute approximate surface area is 64.2 Å². The van der Waals surface area contributed by atoms with Crippen molar-refractivity contribution in [1.82, 2.24) is 0 Å².